The van der Waals surface area contributed by atoms with Gasteiger partial charge in [0.05, 0.1) is 0 Å². The van der Waals surface area contributed by atoms with Gasteiger partial charge in [-0.15, -0.1) is 0 Å². The SMILES string of the molecule is O=C(O)CCCNc1nc2cc(F)ccc2o1. The number of carbonyl (C=O) groups is 1. The van der Waals surface area contributed by atoms with Crippen molar-refractivity contribution in [3.8, 4) is 0 Å². The van der Waals surface area contributed by atoms with Gasteiger partial charge in [-0.1, -0.05) is 0 Å². The summed E-state index contributed by atoms with van der Waals surface area (Å²) in [5.41, 5.74) is 0.929. The molecule has 0 aliphatic heterocycles. The van der Waals surface area contributed by atoms with Gasteiger partial charge in [-0.2, -0.15) is 4.98 Å². The molecule has 0 unspecified atom stereocenters. The number of carboxylic acids is 1. The molecule has 0 spiro atoms. The van der Waals surface area contributed by atoms with Crippen molar-refractivity contribution in [3.63, 3.8) is 0 Å². The van der Waals surface area contributed by atoms with Crippen LogP contribution in [-0.4, -0.2) is 22.6 Å². The first-order chi connectivity index (χ1) is 8.15. The maximum Gasteiger partial charge on any atom is 0.303 e. The third kappa shape index (κ3) is 2.93. The van der Waals surface area contributed by atoms with Crippen LogP contribution in [0.25, 0.3) is 11.1 Å². The van der Waals surface area contributed by atoms with E-state index in [1.54, 1.807) is 0 Å². The van der Waals surface area contributed by atoms with E-state index < -0.39 is 5.97 Å². The number of nitrogens with zero attached hydrogens (tertiary/aromatic N) is 1. The van der Waals surface area contributed by atoms with Gasteiger partial charge < -0.3 is 14.8 Å². The van der Waals surface area contributed by atoms with E-state index >= 15 is 0 Å². The molecule has 0 saturated carbocycles. The maximum atomic E-state index is 12.9. The topological polar surface area (TPSA) is 75.4 Å². The highest BCUT2D eigenvalue weighted by molar-refractivity contribution is 5.74. The predicted octanol–water partition coefficient (Wildman–Crippen LogP) is 2.24. The molecule has 0 saturated heterocycles. The van der Waals surface area contributed by atoms with Gasteiger partial charge in [0.25, 0.3) is 6.01 Å². The van der Waals surface area contributed by atoms with E-state index in [2.05, 4.69) is 10.3 Å². The lowest BCUT2D eigenvalue weighted by atomic mass is 10.3. The number of carboxylic acid groups (broad SMARTS) is 1. The number of benzene rings is 1. The van der Waals surface area contributed by atoms with Crippen LogP contribution in [0.15, 0.2) is 22.6 Å². The molecule has 0 bridgehead atoms. The molecule has 0 amide bonds. The Balaban J connectivity index is 1.97. The minimum atomic E-state index is -0.841. The fourth-order valence-electron chi connectivity index (χ4n) is 1.41. The molecule has 2 N–H and O–H groups in total. The number of rotatable bonds is 5. The Bertz CT molecular complexity index is 538. The van der Waals surface area contributed by atoms with Crippen molar-refractivity contribution in [2.75, 3.05) is 11.9 Å². The monoisotopic (exact) mass is 238 g/mol. The first kappa shape index (κ1) is 11.4. The van der Waals surface area contributed by atoms with Crippen molar-refractivity contribution in [3.05, 3.63) is 24.0 Å². The summed E-state index contributed by atoms with van der Waals surface area (Å²) in [6.07, 6.45) is 0.560. The molecule has 5 nitrogen and oxygen atoms in total. The van der Waals surface area contributed by atoms with Gasteiger partial charge in [-0.3, -0.25) is 4.79 Å². The Morgan fingerprint density at radius 1 is 1.53 bits per heavy atom. The van der Waals surface area contributed by atoms with E-state index in [-0.39, 0.29) is 18.3 Å². The minimum absolute atomic E-state index is 0.0852. The number of hydrogen-bond acceptors (Lipinski definition) is 4. The van der Waals surface area contributed by atoms with Gasteiger partial charge in [0, 0.05) is 19.0 Å². The summed E-state index contributed by atoms with van der Waals surface area (Å²) >= 11 is 0. The number of aromatic nitrogens is 1. The summed E-state index contributed by atoms with van der Waals surface area (Å²) in [5, 5.41) is 11.3. The molecule has 6 heteroatoms. The lowest BCUT2D eigenvalue weighted by molar-refractivity contribution is -0.137. The molecule has 1 aromatic heterocycles. The van der Waals surface area contributed by atoms with Crippen molar-refractivity contribution in [1.82, 2.24) is 4.98 Å². The zero-order valence-corrected chi connectivity index (χ0v) is 8.94. The molecule has 1 aromatic carbocycles. The normalized spacial score (nSPS) is 10.6. The van der Waals surface area contributed by atoms with Gasteiger partial charge >= 0.3 is 5.97 Å². The number of nitrogens with one attached hydrogen (secondary N) is 1. The second kappa shape index (κ2) is 4.82. The van der Waals surface area contributed by atoms with Crippen LogP contribution in [0.3, 0.4) is 0 Å². The molecule has 2 aromatic rings. The summed E-state index contributed by atoms with van der Waals surface area (Å²) < 4.78 is 18.2. The molecule has 0 aliphatic carbocycles. The van der Waals surface area contributed by atoms with Crippen molar-refractivity contribution in [2.24, 2.45) is 0 Å². The number of fused-ring (bicyclic) bond motifs is 1. The van der Waals surface area contributed by atoms with Crippen LogP contribution in [0, 0.1) is 5.82 Å². The molecular weight excluding hydrogens is 227 g/mol. The maximum absolute atomic E-state index is 12.9. The fraction of sp³-hybridized carbons (Fsp3) is 0.273. The molecule has 0 atom stereocenters. The van der Waals surface area contributed by atoms with Crippen molar-refractivity contribution in [1.29, 1.82) is 0 Å². The van der Waals surface area contributed by atoms with Gasteiger partial charge in [0.2, 0.25) is 0 Å². The first-order valence-electron chi connectivity index (χ1n) is 5.17. The van der Waals surface area contributed by atoms with Crippen molar-refractivity contribution >= 4 is 23.1 Å². The molecule has 0 radical (unpaired) electrons. The lowest BCUT2D eigenvalue weighted by Crippen LogP contribution is -2.04. The number of anilines is 1. The Kier molecular flexibility index (Phi) is 3.22. The molecule has 1 heterocycles. The van der Waals surface area contributed by atoms with Crippen molar-refractivity contribution < 1.29 is 18.7 Å². The highest BCUT2D eigenvalue weighted by atomic mass is 19.1. The van der Waals surface area contributed by atoms with E-state index in [4.69, 9.17) is 9.52 Å². The van der Waals surface area contributed by atoms with E-state index in [9.17, 15) is 9.18 Å². The quantitative estimate of drug-likeness (QED) is 0.781. The van der Waals surface area contributed by atoms with E-state index in [0.717, 1.165) is 0 Å². The Morgan fingerprint density at radius 2 is 2.35 bits per heavy atom. The van der Waals surface area contributed by atoms with Gasteiger partial charge in [0.1, 0.15) is 11.3 Å². The molecule has 90 valence electrons. The molecule has 0 aliphatic rings. The number of hydrogen-bond donors (Lipinski definition) is 2. The second-order valence-electron chi connectivity index (χ2n) is 3.56. The molecule has 17 heavy (non-hydrogen) atoms. The van der Waals surface area contributed by atoms with Crippen LogP contribution in [-0.2, 0) is 4.79 Å². The second-order valence-corrected chi connectivity index (χ2v) is 3.56. The van der Waals surface area contributed by atoms with Crippen LogP contribution in [0.1, 0.15) is 12.8 Å². The number of oxazole rings is 1. The summed E-state index contributed by atoms with van der Waals surface area (Å²) in [5.74, 6) is -1.21. The highest BCUT2D eigenvalue weighted by Crippen LogP contribution is 2.19. The van der Waals surface area contributed by atoms with Crippen LogP contribution < -0.4 is 5.32 Å². The summed E-state index contributed by atoms with van der Waals surface area (Å²) in [6, 6.07) is 4.35. The Hall–Kier alpha value is -2.11. The van der Waals surface area contributed by atoms with Gasteiger partial charge in [-0.25, -0.2) is 4.39 Å². The largest absolute Gasteiger partial charge is 0.481 e. The molecule has 0 fully saturated rings. The summed E-state index contributed by atoms with van der Waals surface area (Å²) in [4.78, 5) is 14.3. The predicted molar refractivity (Wildman–Crippen MR) is 59.3 cm³/mol. The average molecular weight is 238 g/mol. The standard InChI is InChI=1S/C11H11FN2O3/c12-7-3-4-9-8(6-7)14-11(17-9)13-5-1-2-10(15)16/h3-4,6H,1-2,5H2,(H,13,14)(H,15,16). The first-order valence-corrected chi connectivity index (χ1v) is 5.17. The number of halogens is 1. The van der Waals surface area contributed by atoms with E-state index in [1.165, 1.54) is 18.2 Å². The third-order valence-corrected chi connectivity index (χ3v) is 2.19. The average Bonchev–Trinajstić information content (AvgIpc) is 2.66. The summed E-state index contributed by atoms with van der Waals surface area (Å²) in [6.45, 7) is 0.446. The van der Waals surface area contributed by atoms with Gasteiger partial charge in [-0.05, 0) is 18.6 Å². The van der Waals surface area contributed by atoms with Gasteiger partial charge in [0.15, 0.2) is 5.58 Å². The van der Waals surface area contributed by atoms with Crippen molar-refractivity contribution in [2.45, 2.75) is 12.8 Å². The van der Waals surface area contributed by atoms with Crippen LogP contribution in [0.2, 0.25) is 0 Å². The molecular formula is C11H11FN2O3. The number of aliphatic carboxylic acids is 1. The van der Waals surface area contributed by atoms with Crippen LogP contribution >= 0.6 is 0 Å². The fourth-order valence-corrected chi connectivity index (χ4v) is 1.41. The Morgan fingerprint density at radius 3 is 3.12 bits per heavy atom. The van der Waals surface area contributed by atoms with E-state index in [1.807, 2.05) is 0 Å². The zero-order chi connectivity index (χ0) is 12.3. The highest BCUT2D eigenvalue weighted by Gasteiger charge is 2.06. The van der Waals surface area contributed by atoms with Crippen LogP contribution in [0.4, 0.5) is 10.4 Å². The Labute approximate surface area is 96.3 Å². The minimum Gasteiger partial charge on any atom is -0.481 e. The third-order valence-electron chi connectivity index (χ3n) is 2.19. The lowest BCUT2D eigenvalue weighted by Gasteiger charge is -1.98. The van der Waals surface area contributed by atoms with Crippen LogP contribution in [0.5, 0.6) is 0 Å². The zero-order valence-electron chi connectivity index (χ0n) is 8.94. The molecule has 2 rings (SSSR count). The summed E-state index contributed by atoms with van der Waals surface area (Å²) in [7, 11) is 0. The smallest absolute Gasteiger partial charge is 0.303 e. The van der Waals surface area contributed by atoms with E-state index in [0.29, 0.717) is 24.1 Å².